The van der Waals surface area contributed by atoms with Gasteiger partial charge in [0.05, 0.1) is 0 Å². The van der Waals surface area contributed by atoms with Gasteiger partial charge in [0.15, 0.2) is 0 Å². The van der Waals surface area contributed by atoms with E-state index >= 15 is 0 Å². The average Bonchev–Trinajstić information content (AvgIpc) is 2.83. The van der Waals surface area contributed by atoms with Crippen LogP contribution < -0.4 is 5.73 Å². The molecule has 0 bridgehead atoms. The zero-order valence-corrected chi connectivity index (χ0v) is 11.8. The Bertz CT molecular complexity index is 621. The molecule has 0 aliphatic heterocycles. The van der Waals surface area contributed by atoms with Crippen molar-refractivity contribution in [2.24, 2.45) is 0 Å². The normalized spacial score (nSPS) is 13.6. The van der Waals surface area contributed by atoms with Gasteiger partial charge in [0.1, 0.15) is 11.6 Å². The van der Waals surface area contributed by atoms with E-state index in [0.717, 1.165) is 36.1 Å². The van der Waals surface area contributed by atoms with Gasteiger partial charge in [0.2, 0.25) is 0 Å². The summed E-state index contributed by atoms with van der Waals surface area (Å²) in [7, 11) is 0. The van der Waals surface area contributed by atoms with Gasteiger partial charge < -0.3 is 5.73 Å². The zero-order chi connectivity index (χ0) is 13.4. The Balaban J connectivity index is 1.98. The standard InChI is InChI=1S/C14H13Cl2N3/c15-10-4-2-5-11(16)9(10)7-13-18-12-6-1-3-8(12)14(17)19-13/h2,4-5H,1,3,6-7H2,(H2,17,18,19). The van der Waals surface area contributed by atoms with Crippen LogP contribution in [0.2, 0.25) is 10.0 Å². The quantitative estimate of drug-likeness (QED) is 0.923. The Morgan fingerprint density at radius 3 is 2.58 bits per heavy atom. The first-order valence-corrected chi connectivity index (χ1v) is 6.98. The van der Waals surface area contributed by atoms with E-state index in [4.69, 9.17) is 28.9 Å². The number of aromatic nitrogens is 2. The van der Waals surface area contributed by atoms with Gasteiger partial charge in [-0.15, -0.1) is 0 Å². The van der Waals surface area contributed by atoms with Crippen molar-refractivity contribution in [3.63, 3.8) is 0 Å². The first-order chi connectivity index (χ1) is 9.15. The van der Waals surface area contributed by atoms with Crippen LogP contribution in [0.15, 0.2) is 18.2 Å². The Morgan fingerprint density at radius 1 is 1.11 bits per heavy atom. The summed E-state index contributed by atoms with van der Waals surface area (Å²) >= 11 is 12.3. The molecule has 1 aliphatic carbocycles. The molecule has 0 amide bonds. The molecular formula is C14H13Cl2N3. The fourth-order valence-electron chi connectivity index (χ4n) is 2.45. The second kappa shape index (κ2) is 4.99. The molecule has 0 radical (unpaired) electrons. The number of hydrogen-bond donors (Lipinski definition) is 1. The Hall–Kier alpha value is -1.32. The van der Waals surface area contributed by atoms with Crippen molar-refractivity contribution in [3.05, 3.63) is 50.9 Å². The zero-order valence-electron chi connectivity index (χ0n) is 10.3. The number of aryl methyl sites for hydroxylation is 1. The molecule has 19 heavy (non-hydrogen) atoms. The van der Waals surface area contributed by atoms with Crippen LogP contribution in [0.25, 0.3) is 0 Å². The summed E-state index contributed by atoms with van der Waals surface area (Å²) in [5.41, 5.74) is 9.02. The predicted octanol–water partition coefficient (Wildman–Crippen LogP) is 3.45. The summed E-state index contributed by atoms with van der Waals surface area (Å²) in [5.74, 6) is 1.29. The van der Waals surface area contributed by atoms with Crippen molar-refractivity contribution >= 4 is 29.0 Å². The second-order valence-corrected chi connectivity index (χ2v) is 5.50. The van der Waals surface area contributed by atoms with Gasteiger partial charge in [-0.1, -0.05) is 29.3 Å². The van der Waals surface area contributed by atoms with Crippen LogP contribution in [-0.4, -0.2) is 9.97 Å². The van der Waals surface area contributed by atoms with Crippen LogP contribution in [0.1, 0.15) is 29.1 Å². The maximum Gasteiger partial charge on any atom is 0.135 e. The van der Waals surface area contributed by atoms with Crippen molar-refractivity contribution in [1.29, 1.82) is 0 Å². The molecule has 1 heterocycles. The highest BCUT2D eigenvalue weighted by Crippen LogP contribution is 2.28. The summed E-state index contributed by atoms with van der Waals surface area (Å²) in [6.45, 7) is 0. The Labute approximate surface area is 121 Å². The van der Waals surface area contributed by atoms with E-state index in [1.807, 2.05) is 18.2 Å². The predicted molar refractivity (Wildman–Crippen MR) is 77.7 cm³/mol. The van der Waals surface area contributed by atoms with Crippen LogP contribution in [0.5, 0.6) is 0 Å². The molecule has 2 aromatic rings. The van der Waals surface area contributed by atoms with E-state index in [9.17, 15) is 0 Å². The number of fused-ring (bicyclic) bond motifs is 1. The van der Waals surface area contributed by atoms with E-state index in [-0.39, 0.29) is 0 Å². The van der Waals surface area contributed by atoms with E-state index in [1.54, 1.807) is 0 Å². The van der Waals surface area contributed by atoms with Gasteiger partial charge in [-0.2, -0.15) is 0 Å². The van der Waals surface area contributed by atoms with Crippen LogP contribution >= 0.6 is 23.2 Å². The number of nitrogens with two attached hydrogens (primary N) is 1. The Kier molecular flexibility index (Phi) is 3.33. The molecule has 0 saturated heterocycles. The molecule has 98 valence electrons. The SMILES string of the molecule is Nc1nc(Cc2c(Cl)cccc2Cl)nc2c1CCC2. The number of benzene rings is 1. The highest BCUT2D eigenvalue weighted by Gasteiger charge is 2.18. The van der Waals surface area contributed by atoms with Gasteiger partial charge in [0.25, 0.3) is 0 Å². The molecule has 2 N–H and O–H groups in total. The number of hydrogen-bond acceptors (Lipinski definition) is 3. The second-order valence-electron chi connectivity index (χ2n) is 4.68. The molecule has 0 spiro atoms. The first-order valence-electron chi connectivity index (χ1n) is 6.22. The minimum absolute atomic E-state index is 0.510. The smallest absolute Gasteiger partial charge is 0.135 e. The number of anilines is 1. The molecule has 0 unspecified atom stereocenters. The third kappa shape index (κ3) is 2.40. The first kappa shape index (κ1) is 12.7. The van der Waals surface area contributed by atoms with Crippen LogP contribution in [0, 0.1) is 0 Å². The van der Waals surface area contributed by atoms with Crippen molar-refractivity contribution in [2.75, 3.05) is 5.73 Å². The number of nitrogens with zero attached hydrogens (tertiary/aromatic N) is 2. The highest BCUT2D eigenvalue weighted by atomic mass is 35.5. The van der Waals surface area contributed by atoms with Crippen LogP contribution in [-0.2, 0) is 19.3 Å². The van der Waals surface area contributed by atoms with Gasteiger partial charge >= 0.3 is 0 Å². The summed E-state index contributed by atoms with van der Waals surface area (Å²) in [6, 6.07) is 5.46. The van der Waals surface area contributed by atoms with Crippen LogP contribution in [0.4, 0.5) is 5.82 Å². The monoisotopic (exact) mass is 293 g/mol. The topological polar surface area (TPSA) is 51.8 Å². The number of halogens is 2. The molecule has 1 aromatic heterocycles. The maximum atomic E-state index is 6.17. The molecule has 1 aromatic carbocycles. The van der Waals surface area contributed by atoms with Gasteiger partial charge in [-0.05, 0) is 37.0 Å². The Morgan fingerprint density at radius 2 is 1.84 bits per heavy atom. The minimum Gasteiger partial charge on any atom is -0.383 e. The lowest BCUT2D eigenvalue weighted by Gasteiger charge is -2.09. The minimum atomic E-state index is 0.510. The number of rotatable bonds is 2. The lowest BCUT2D eigenvalue weighted by molar-refractivity contribution is 0.886. The molecule has 0 saturated carbocycles. The summed E-state index contributed by atoms with van der Waals surface area (Å²) in [5, 5.41) is 1.27. The number of nitrogen functional groups attached to an aromatic ring is 1. The molecule has 1 aliphatic rings. The molecule has 5 heteroatoms. The average molecular weight is 294 g/mol. The van der Waals surface area contributed by atoms with Gasteiger partial charge in [0, 0.05) is 27.7 Å². The third-order valence-corrected chi connectivity index (χ3v) is 4.12. The summed E-state index contributed by atoms with van der Waals surface area (Å²) in [4.78, 5) is 8.95. The lowest BCUT2D eigenvalue weighted by Crippen LogP contribution is -2.06. The van der Waals surface area contributed by atoms with Crippen molar-refractivity contribution in [3.8, 4) is 0 Å². The molecule has 0 fully saturated rings. The fourth-order valence-corrected chi connectivity index (χ4v) is 2.98. The molecule has 0 atom stereocenters. The molecule has 3 rings (SSSR count). The fraction of sp³-hybridized carbons (Fsp3) is 0.286. The maximum absolute atomic E-state index is 6.17. The van der Waals surface area contributed by atoms with Crippen molar-refractivity contribution < 1.29 is 0 Å². The summed E-state index contributed by atoms with van der Waals surface area (Å²) in [6.07, 6.45) is 3.57. The third-order valence-electron chi connectivity index (χ3n) is 3.41. The van der Waals surface area contributed by atoms with Gasteiger partial charge in [-0.3, -0.25) is 0 Å². The lowest BCUT2D eigenvalue weighted by atomic mass is 10.1. The highest BCUT2D eigenvalue weighted by molar-refractivity contribution is 6.36. The largest absolute Gasteiger partial charge is 0.383 e. The van der Waals surface area contributed by atoms with Crippen LogP contribution in [0.3, 0.4) is 0 Å². The van der Waals surface area contributed by atoms with E-state index < -0.39 is 0 Å². The molecular weight excluding hydrogens is 281 g/mol. The van der Waals surface area contributed by atoms with E-state index in [2.05, 4.69) is 9.97 Å². The van der Waals surface area contributed by atoms with Crippen molar-refractivity contribution in [1.82, 2.24) is 9.97 Å². The summed E-state index contributed by atoms with van der Waals surface area (Å²) < 4.78 is 0. The molecule has 3 nitrogen and oxygen atoms in total. The van der Waals surface area contributed by atoms with Gasteiger partial charge in [-0.25, -0.2) is 9.97 Å². The van der Waals surface area contributed by atoms with E-state index in [1.165, 1.54) is 0 Å². The van der Waals surface area contributed by atoms with E-state index in [0.29, 0.717) is 28.1 Å². The van der Waals surface area contributed by atoms with Crippen molar-refractivity contribution in [2.45, 2.75) is 25.7 Å².